The van der Waals surface area contributed by atoms with Gasteiger partial charge >= 0.3 is 37.7 Å². The Bertz CT molecular complexity index is 70.0. The maximum absolute atomic E-state index is 9.67. The molecule has 0 rings (SSSR count). The molecule has 0 saturated heterocycles. The van der Waals surface area contributed by atoms with Crippen LogP contribution in [0.5, 0.6) is 0 Å². The summed E-state index contributed by atoms with van der Waals surface area (Å²) in [6, 6.07) is 0. The van der Waals surface area contributed by atoms with Crippen molar-refractivity contribution >= 4 is 43.9 Å². The van der Waals surface area contributed by atoms with Crippen LogP contribution in [0, 0.1) is 0 Å². The Morgan fingerprint density at radius 2 is 1.80 bits per heavy atom. The van der Waals surface area contributed by atoms with Crippen LogP contribution in [-0.4, -0.2) is 62.4 Å². The van der Waals surface area contributed by atoms with Gasteiger partial charge in [0.05, 0.1) is 0 Å². The Kier molecular flexibility index (Phi) is 20.4. The summed E-state index contributed by atoms with van der Waals surface area (Å²) in [5, 5.41) is 25.0. The van der Waals surface area contributed by atoms with Crippen LogP contribution in [0.2, 0.25) is 0 Å². The van der Waals surface area contributed by atoms with Crippen molar-refractivity contribution in [3.05, 3.63) is 0 Å². The van der Waals surface area contributed by atoms with E-state index in [0.29, 0.717) is 0 Å². The van der Waals surface area contributed by atoms with E-state index >= 15 is 0 Å². The maximum atomic E-state index is 9.67. The van der Waals surface area contributed by atoms with E-state index in [1.165, 1.54) is 14.0 Å². The minimum Gasteiger partial charge on any atom is -0.831 e. The van der Waals surface area contributed by atoms with Gasteiger partial charge in [-0.1, -0.05) is 6.92 Å². The first-order valence-electron chi connectivity index (χ1n) is 2.09. The number of rotatable bonds is 1. The van der Waals surface area contributed by atoms with Crippen molar-refractivity contribution in [2.45, 2.75) is 13.2 Å². The molecular formula is C4H8CaO5. The van der Waals surface area contributed by atoms with Gasteiger partial charge in [0.2, 0.25) is 6.16 Å². The van der Waals surface area contributed by atoms with Gasteiger partial charge in [-0.05, 0) is 6.29 Å². The van der Waals surface area contributed by atoms with Crippen LogP contribution in [0.4, 0.5) is 4.79 Å². The summed E-state index contributed by atoms with van der Waals surface area (Å²) >= 11 is 0. The summed E-state index contributed by atoms with van der Waals surface area (Å²) < 4.78 is 4.19. The molecule has 0 aromatic heterocycles. The van der Waals surface area contributed by atoms with Gasteiger partial charge in [0.15, 0.2) is 0 Å². The van der Waals surface area contributed by atoms with Crippen LogP contribution in [0.1, 0.15) is 6.92 Å². The Balaban J connectivity index is -0.0000000910. The quantitative estimate of drug-likeness (QED) is 0.363. The van der Waals surface area contributed by atoms with Crippen molar-refractivity contribution in [2.24, 2.45) is 0 Å². The Morgan fingerprint density at radius 1 is 1.70 bits per heavy atom. The first-order valence-corrected chi connectivity index (χ1v) is 2.09. The van der Waals surface area contributed by atoms with Crippen LogP contribution >= 0.6 is 0 Å². The molecule has 0 amide bonds. The number of hydrogen-bond acceptors (Lipinski definition) is 4. The van der Waals surface area contributed by atoms with Crippen molar-refractivity contribution in [3.63, 3.8) is 0 Å². The molecule has 0 saturated carbocycles. The number of carbonyl (C=O) groups is 1. The second kappa shape index (κ2) is 12.2. The number of hydrogen-bond donors (Lipinski definition) is 1. The normalized spacial score (nSPS) is 9.90. The largest absolute Gasteiger partial charge is 2.00 e. The molecule has 10 heavy (non-hydrogen) atoms. The maximum Gasteiger partial charge on any atom is 2.00 e. The van der Waals surface area contributed by atoms with Gasteiger partial charge in [-0.15, -0.1) is 0 Å². The SMILES string of the molecule is COC(C)[O-].O=C([O-])O.[Ca+2]. The number of carboxylic acid groups (broad SMARTS) is 2. The third-order valence-corrected chi connectivity index (χ3v) is 0.332. The fourth-order valence-electron chi connectivity index (χ4n) is 0. The van der Waals surface area contributed by atoms with E-state index in [-0.39, 0.29) is 37.7 Å². The van der Waals surface area contributed by atoms with Gasteiger partial charge in [-0.3, -0.25) is 0 Å². The molecule has 0 aromatic carbocycles. The molecule has 5 nitrogen and oxygen atoms in total. The Hall–Kier alpha value is 0.450. The average Bonchev–Trinajstić information content (AvgIpc) is 1.65. The topological polar surface area (TPSA) is 92.7 Å². The summed E-state index contributed by atoms with van der Waals surface area (Å²) in [5.74, 6) is 0. The molecule has 1 N–H and O–H groups in total. The van der Waals surface area contributed by atoms with Crippen LogP contribution in [0.25, 0.3) is 0 Å². The van der Waals surface area contributed by atoms with Crippen LogP contribution in [0.3, 0.4) is 0 Å². The van der Waals surface area contributed by atoms with Crippen molar-refractivity contribution < 1.29 is 24.9 Å². The van der Waals surface area contributed by atoms with Gasteiger partial charge in [-0.2, -0.15) is 0 Å². The molecular weight excluding hydrogens is 168 g/mol. The Morgan fingerprint density at radius 3 is 1.80 bits per heavy atom. The predicted octanol–water partition coefficient (Wildman–Crippen LogP) is -2.15. The molecule has 1 atom stereocenters. The monoisotopic (exact) mass is 176 g/mol. The fourth-order valence-corrected chi connectivity index (χ4v) is 0. The minimum atomic E-state index is -2.08. The van der Waals surface area contributed by atoms with E-state index in [1.807, 2.05) is 0 Å². The molecule has 56 valence electrons. The van der Waals surface area contributed by atoms with Gasteiger partial charge in [0, 0.05) is 7.11 Å². The molecule has 6 heteroatoms. The summed E-state index contributed by atoms with van der Waals surface area (Å²) in [5.41, 5.74) is 0. The fraction of sp³-hybridized carbons (Fsp3) is 0.750. The van der Waals surface area contributed by atoms with E-state index < -0.39 is 12.4 Å². The summed E-state index contributed by atoms with van der Waals surface area (Å²) in [4.78, 5) is 8.44. The average molecular weight is 176 g/mol. The van der Waals surface area contributed by atoms with E-state index in [1.54, 1.807) is 0 Å². The van der Waals surface area contributed by atoms with Crippen LogP contribution in [0.15, 0.2) is 0 Å². The third kappa shape index (κ3) is 78.1. The molecule has 0 aliphatic carbocycles. The molecule has 0 aliphatic heterocycles. The Labute approximate surface area is 88.6 Å². The standard InChI is InChI=1S/C3H7O2.CH2O3.Ca/c1-3(4)5-2;2-1(3)4;/h3H,1-2H3;(H2,2,3,4);/q-1;;+2/p-1. The number of ether oxygens (including phenoxy) is 1. The summed E-state index contributed by atoms with van der Waals surface area (Å²) in [7, 11) is 1.39. The zero-order valence-corrected chi connectivity index (χ0v) is 8.07. The van der Waals surface area contributed by atoms with E-state index in [2.05, 4.69) is 4.74 Å². The van der Waals surface area contributed by atoms with Gasteiger partial charge in [0.25, 0.3) is 0 Å². The minimum absolute atomic E-state index is 0. The van der Waals surface area contributed by atoms with Crippen molar-refractivity contribution in [1.29, 1.82) is 0 Å². The van der Waals surface area contributed by atoms with E-state index in [4.69, 9.17) is 15.0 Å². The molecule has 0 spiro atoms. The van der Waals surface area contributed by atoms with E-state index in [9.17, 15) is 5.11 Å². The van der Waals surface area contributed by atoms with Crippen molar-refractivity contribution in [2.75, 3.05) is 7.11 Å². The van der Waals surface area contributed by atoms with Crippen LogP contribution in [-0.2, 0) is 4.74 Å². The van der Waals surface area contributed by atoms with Gasteiger partial charge in [0.1, 0.15) is 0 Å². The molecule has 0 fully saturated rings. The summed E-state index contributed by atoms with van der Waals surface area (Å²) in [6.07, 6.45) is -2.95. The van der Waals surface area contributed by atoms with Crippen molar-refractivity contribution in [1.82, 2.24) is 0 Å². The molecule has 0 aromatic rings. The number of methoxy groups -OCH3 is 1. The second-order valence-electron chi connectivity index (χ2n) is 1.07. The summed E-state index contributed by atoms with van der Waals surface area (Å²) in [6.45, 7) is 1.44. The van der Waals surface area contributed by atoms with Crippen molar-refractivity contribution in [3.8, 4) is 0 Å². The first-order chi connectivity index (χ1) is 4.00. The van der Waals surface area contributed by atoms with Gasteiger partial charge in [-0.25, -0.2) is 0 Å². The zero-order chi connectivity index (χ0) is 7.86. The van der Waals surface area contributed by atoms with E-state index in [0.717, 1.165) is 0 Å². The van der Waals surface area contributed by atoms with Gasteiger partial charge < -0.3 is 24.9 Å². The third-order valence-electron chi connectivity index (χ3n) is 0.332. The van der Waals surface area contributed by atoms with Crippen LogP contribution < -0.4 is 10.2 Å². The molecule has 0 radical (unpaired) electrons. The molecule has 0 bridgehead atoms. The predicted molar refractivity (Wildman–Crippen MR) is 30.2 cm³/mol. The zero-order valence-electron chi connectivity index (χ0n) is 5.86. The smallest absolute Gasteiger partial charge is 0.831 e. The molecule has 0 aliphatic rings. The second-order valence-corrected chi connectivity index (χ2v) is 1.07. The molecule has 1 unspecified atom stereocenters. The first kappa shape index (κ1) is 16.8. The molecule has 0 heterocycles.